The zero-order valence-corrected chi connectivity index (χ0v) is 21.5. The lowest BCUT2D eigenvalue weighted by atomic mass is 10.0. The molecule has 0 amide bonds. The second kappa shape index (κ2) is 12.6. The van der Waals surface area contributed by atoms with E-state index in [1.807, 2.05) is 0 Å². The highest BCUT2D eigenvalue weighted by Gasteiger charge is 2.20. The summed E-state index contributed by atoms with van der Waals surface area (Å²) in [5, 5.41) is 1.37. The Kier molecular flexibility index (Phi) is 9.01. The van der Waals surface area contributed by atoms with Gasteiger partial charge in [-0.1, -0.05) is 0 Å². The number of benzene rings is 3. The molecule has 0 aliphatic heterocycles. The van der Waals surface area contributed by atoms with E-state index in [2.05, 4.69) is 0 Å². The van der Waals surface area contributed by atoms with Crippen LogP contribution < -0.4 is 30.1 Å². The normalized spacial score (nSPS) is 11.2. The number of nitrogens with two attached hydrogens (primary N) is 1. The second-order valence-corrected chi connectivity index (χ2v) is 8.19. The molecule has 1 aromatic heterocycles. The van der Waals surface area contributed by atoms with Crippen molar-refractivity contribution >= 4 is 21.7 Å². The van der Waals surface area contributed by atoms with Crippen LogP contribution in [0.3, 0.4) is 0 Å². The summed E-state index contributed by atoms with van der Waals surface area (Å²) in [6, 6.07) is 10.5. The van der Waals surface area contributed by atoms with Crippen LogP contribution in [0.4, 0.5) is 4.39 Å². The summed E-state index contributed by atoms with van der Waals surface area (Å²) < 4.78 is 53.7. The highest BCUT2D eigenvalue weighted by molar-refractivity contribution is 6.13. The van der Waals surface area contributed by atoms with Crippen molar-refractivity contribution in [3.8, 4) is 34.3 Å². The van der Waals surface area contributed by atoms with Crippen LogP contribution in [-0.4, -0.2) is 60.9 Å². The largest absolute Gasteiger partial charge is 0.496 e. The first-order chi connectivity index (χ1) is 18.5. The zero-order valence-electron chi connectivity index (χ0n) is 21.5. The summed E-state index contributed by atoms with van der Waals surface area (Å²) in [6.07, 6.45) is 0. The number of ether oxygens (including phenoxy) is 6. The van der Waals surface area contributed by atoms with Gasteiger partial charge in [0.15, 0.2) is 11.0 Å². The molecule has 0 saturated carbocycles. The van der Waals surface area contributed by atoms with E-state index in [1.165, 1.54) is 39.5 Å². The maximum absolute atomic E-state index is 14.5. The van der Waals surface area contributed by atoms with Gasteiger partial charge in [-0.05, 0) is 30.3 Å². The van der Waals surface area contributed by atoms with Crippen LogP contribution in [-0.2, 0) is 9.47 Å². The van der Waals surface area contributed by atoms with Gasteiger partial charge in [0.05, 0.1) is 63.9 Å². The lowest BCUT2D eigenvalue weighted by molar-refractivity contribution is 0.0387. The molecule has 10 heteroatoms. The number of hydrogen-bond donors (Lipinski definition) is 1. The van der Waals surface area contributed by atoms with Crippen molar-refractivity contribution in [3.63, 3.8) is 0 Å². The van der Waals surface area contributed by atoms with Gasteiger partial charge < -0.3 is 38.6 Å². The lowest BCUT2D eigenvalue weighted by Crippen LogP contribution is -2.14. The van der Waals surface area contributed by atoms with Crippen molar-refractivity contribution < 1.29 is 37.2 Å². The first kappa shape index (κ1) is 27.2. The van der Waals surface area contributed by atoms with Gasteiger partial charge in [-0.3, -0.25) is 4.79 Å². The quantitative estimate of drug-likeness (QED) is 0.202. The van der Waals surface area contributed by atoms with Gasteiger partial charge in [-0.2, -0.15) is 0 Å². The smallest absolute Gasteiger partial charge is 0.193 e. The second-order valence-electron chi connectivity index (χ2n) is 8.19. The Morgan fingerprint density at radius 2 is 1.45 bits per heavy atom. The zero-order chi connectivity index (χ0) is 27.1. The number of hydrogen-bond acceptors (Lipinski definition) is 9. The van der Waals surface area contributed by atoms with Crippen molar-refractivity contribution in [2.75, 3.05) is 60.9 Å². The molecule has 0 aliphatic rings. The molecule has 3 aromatic carbocycles. The fourth-order valence-corrected chi connectivity index (χ4v) is 4.12. The van der Waals surface area contributed by atoms with Crippen LogP contribution in [0, 0.1) is 5.82 Å². The van der Waals surface area contributed by atoms with Gasteiger partial charge in [0, 0.05) is 24.2 Å². The van der Waals surface area contributed by atoms with Crippen LogP contribution in [0.1, 0.15) is 0 Å². The molecule has 0 unspecified atom stereocenters. The van der Waals surface area contributed by atoms with E-state index in [9.17, 15) is 9.18 Å². The summed E-state index contributed by atoms with van der Waals surface area (Å²) in [7, 11) is 4.55. The Hall–Kier alpha value is -3.86. The molecule has 0 spiro atoms. The van der Waals surface area contributed by atoms with Crippen LogP contribution >= 0.6 is 0 Å². The average Bonchev–Trinajstić information content (AvgIpc) is 2.93. The average molecular weight is 528 g/mol. The fourth-order valence-electron chi connectivity index (χ4n) is 4.12. The molecule has 0 saturated heterocycles. The first-order valence-electron chi connectivity index (χ1n) is 12.0. The SMILES string of the molecule is COc1ccc(OC)c2c1c(OC)cc1c(=O)cc(-c3cc(F)cc(OCCOCCOCCN)c3)oc12. The van der Waals surface area contributed by atoms with Gasteiger partial charge in [-0.25, -0.2) is 4.39 Å². The summed E-state index contributed by atoms with van der Waals surface area (Å²) in [5.74, 6) is 1.29. The highest BCUT2D eigenvalue weighted by Crippen LogP contribution is 2.44. The molecule has 9 nitrogen and oxygen atoms in total. The van der Waals surface area contributed by atoms with Gasteiger partial charge in [-0.15, -0.1) is 0 Å². The van der Waals surface area contributed by atoms with Crippen molar-refractivity contribution in [3.05, 3.63) is 58.5 Å². The maximum Gasteiger partial charge on any atom is 0.193 e. The monoisotopic (exact) mass is 527 g/mol. The minimum Gasteiger partial charge on any atom is -0.496 e. The minimum absolute atomic E-state index is 0.163. The van der Waals surface area contributed by atoms with Crippen LogP contribution in [0.15, 0.2) is 51.7 Å². The van der Waals surface area contributed by atoms with Gasteiger partial charge in [0.25, 0.3) is 0 Å². The molecule has 0 aliphatic carbocycles. The highest BCUT2D eigenvalue weighted by atomic mass is 19.1. The Morgan fingerprint density at radius 1 is 0.789 bits per heavy atom. The molecule has 0 radical (unpaired) electrons. The van der Waals surface area contributed by atoms with Crippen molar-refractivity contribution in [2.24, 2.45) is 5.73 Å². The molecule has 0 fully saturated rings. The molecule has 0 atom stereocenters. The van der Waals surface area contributed by atoms with Gasteiger partial charge >= 0.3 is 0 Å². The van der Waals surface area contributed by atoms with E-state index in [4.69, 9.17) is 38.6 Å². The molecule has 4 rings (SSSR count). The summed E-state index contributed by atoms with van der Waals surface area (Å²) in [5.41, 5.74) is 5.63. The molecule has 1 heterocycles. The molecule has 4 aromatic rings. The van der Waals surface area contributed by atoms with Crippen molar-refractivity contribution in [1.82, 2.24) is 0 Å². The number of fused-ring (bicyclic) bond motifs is 3. The third kappa shape index (κ3) is 5.83. The fraction of sp³-hybridized carbons (Fsp3) is 0.321. The molecular weight excluding hydrogens is 497 g/mol. The van der Waals surface area contributed by atoms with Gasteiger partial charge in [0.2, 0.25) is 0 Å². The standard InChI is InChI=1S/C28H30FNO8/c1-32-22-4-5-23(33-2)27-26(22)25(34-3)15-20-21(31)16-24(38-28(20)27)17-12-18(29)14-19(13-17)37-11-10-36-9-8-35-7-6-30/h4-5,12-16H,6-11,30H2,1-3H3. The van der Waals surface area contributed by atoms with Crippen LogP contribution in [0.2, 0.25) is 0 Å². The van der Waals surface area contributed by atoms with Crippen LogP contribution in [0.5, 0.6) is 23.0 Å². The third-order valence-corrected chi connectivity index (χ3v) is 5.81. The van der Waals surface area contributed by atoms with Crippen LogP contribution in [0.25, 0.3) is 33.1 Å². The number of halogens is 1. The third-order valence-electron chi connectivity index (χ3n) is 5.81. The van der Waals surface area contributed by atoms with Crippen molar-refractivity contribution in [2.45, 2.75) is 0 Å². The van der Waals surface area contributed by atoms with E-state index >= 15 is 0 Å². The van der Waals surface area contributed by atoms with E-state index in [-0.39, 0.29) is 34.5 Å². The Bertz CT molecular complexity index is 1470. The van der Waals surface area contributed by atoms with E-state index in [0.29, 0.717) is 66.6 Å². The Morgan fingerprint density at radius 3 is 2.13 bits per heavy atom. The van der Waals surface area contributed by atoms with Gasteiger partial charge in [0.1, 0.15) is 41.2 Å². The Balaban J connectivity index is 1.69. The van der Waals surface area contributed by atoms with E-state index in [0.717, 1.165) is 0 Å². The molecule has 38 heavy (non-hydrogen) atoms. The summed E-state index contributed by atoms with van der Waals surface area (Å²) in [4.78, 5) is 13.2. The molecule has 202 valence electrons. The minimum atomic E-state index is -0.546. The topological polar surface area (TPSA) is 112 Å². The predicted octanol–water partition coefficient (Wildman–Crippen LogP) is 4.15. The summed E-state index contributed by atoms with van der Waals surface area (Å²) in [6.45, 7) is 2.24. The maximum atomic E-state index is 14.5. The van der Waals surface area contributed by atoms with E-state index in [1.54, 1.807) is 24.3 Å². The lowest BCUT2D eigenvalue weighted by Gasteiger charge is -2.15. The summed E-state index contributed by atoms with van der Waals surface area (Å²) >= 11 is 0. The predicted molar refractivity (Wildman–Crippen MR) is 141 cm³/mol. The first-order valence-corrected chi connectivity index (χ1v) is 12.0. The van der Waals surface area contributed by atoms with Crippen molar-refractivity contribution in [1.29, 1.82) is 0 Å². The molecule has 2 N–H and O–H groups in total. The molecular formula is C28H30FNO8. The molecule has 0 bridgehead atoms. The van der Waals surface area contributed by atoms with E-state index < -0.39 is 5.82 Å². The Labute approximate surface area is 218 Å². The number of methoxy groups -OCH3 is 3. The number of rotatable bonds is 13.